The van der Waals surface area contributed by atoms with Crippen LogP contribution in [0.2, 0.25) is 0 Å². The van der Waals surface area contributed by atoms with E-state index in [1.165, 1.54) is 4.90 Å². The van der Waals surface area contributed by atoms with Crippen molar-refractivity contribution >= 4 is 29.2 Å². The van der Waals surface area contributed by atoms with Gasteiger partial charge >= 0.3 is 0 Å². The van der Waals surface area contributed by atoms with Crippen molar-refractivity contribution in [2.24, 2.45) is 22.9 Å². The van der Waals surface area contributed by atoms with E-state index < -0.39 is 5.79 Å². The molecule has 58 heavy (non-hydrogen) atoms. The third-order valence-corrected chi connectivity index (χ3v) is 14.0. The number of hydrogen-bond donors (Lipinski definition) is 2. The Morgan fingerprint density at radius 2 is 1.86 bits per heavy atom. The Bertz CT molecular complexity index is 1790. The standard InChI is InChI=1S/C46H59N3O7S2/c1-2-24-54-46-42(58-27-19-34-32-47-20-21-48-34)31-40(49-56-43-16-8-11-25-53-43)38-29-33(12-6-9-22-50)37(15-7-10-23-51)44(45(38)46)39-30-35(17-18-41(39)55-46)52-26-28-57-36-13-4-3-5-14-36/h2-5,13-14,17-18,20-21,29-30,32-33,37,42-45,50-51H,1,6-12,15-16,19,22-28,31H2/t33-,37+,42-,43?,44+,45+,46+/m0/s1. The number of aliphatic hydroxyl groups is 2. The number of aromatic nitrogens is 2. The number of oxime groups is 1. The first-order valence-corrected chi connectivity index (χ1v) is 23.2. The minimum absolute atomic E-state index is 0.00634. The molecule has 0 amide bonds. The first-order chi connectivity index (χ1) is 28.6. The van der Waals surface area contributed by atoms with Gasteiger partial charge in [0.25, 0.3) is 0 Å². The van der Waals surface area contributed by atoms with Gasteiger partial charge in [-0.3, -0.25) is 9.97 Å². The Hall–Kier alpha value is -3.39. The second-order valence-corrected chi connectivity index (χ2v) is 18.0. The Kier molecular flexibility index (Phi) is 16.0. The van der Waals surface area contributed by atoms with Gasteiger partial charge in [0.15, 0.2) is 0 Å². The van der Waals surface area contributed by atoms with Crippen molar-refractivity contribution in [1.29, 1.82) is 0 Å². The lowest BCUT2D eigenvalue weighted by Gasteiger charge is -2.58. The topological polar surface area (TPSA) is 125 Å². The number of ether oxygens (including phenoxy) is 4. The van der Waals surface area contributed by atoms with Crippen LogP contribution in [0.4, 0.5) is 0 Å². The maximum Gasteiger partial charge on any atom is 0.230 e. The number of rotatable bonds is 22. The number of aryl methyl sites for hydroxylation is 1. The summed E-state index contributed by atoms with van der Waals surface area (Å²) >= 11 is 3.61. The molecule has 3 aromatic rings. The molecule has 312 valence electrons. The fourth-order valence-electron chi connectivity index (χ4n) is 9.08. The molecule has 1 aromatic heterocycles. The van der Waals surface area contributed by atoms with Crippen LogP contribution >= 0.6 is 23.5 Å². The molecule has 0 radical (unpaired) electrons. The van der Waals surface area contributed by atoms with Crippen LogP contribution in [0.15, 0.2) is 101 Å². The third kappa shape index (κ3) is 10.5. The van der Waals surface area contributed by atoms with Gasteiger partial charge in [0.1, 0.15) is 11.5 Å². The fraction of sp³-hybridized carbons (Fsp3) is 0.543. The molecule has 10 nitrogen and oxygen atoms in total. The summed E-state index contributed by atoms with van der Waals surface area (Å²) in [4.78, 5) is 16.3. The van der Waals surface area contributed by atoms with Crippen LogP contribution in [0.25, 0.3) is 0 Å². The third-order valence-electron chi connectivity index (χ3n) is 11.7. The monoisotopic (exact) mass is 829 g/mol. The van der Waals surface area contributed by atoms with E-state index in [-0.39, 0.29) is 48.4 Å². The number of fused-ring (bicyclic) bond motifs is 2. The number of nitrogens with zero attached hydrogens (tertiary/aromatic N) is 3. The highest BCUT2D eigenvalue weighted by atomic mass is 32.2. The van der Waals surface area contributed by atoms with E-state index in [4.69, 9.17) is 28.9 Å². The summed E-state index contributed by atoms with van der Waals surface area (Å²) in [5, 5.41) is 24.6. The lowest BCUT2D eigenvalue weighted by atomic mass is 9.56. The summed E-state index contributed by atoms with van der Waals surface area (Å²) in [6.07, 6.45) is 18.5. The second kappa shape index (κ2) is 21.7. The van der Waals surface area contributed by atoms with Gasteiger partial charge in [-0.1, -0.05) is 48.3 Å². The van der Waals surface area contributed by atoms with Crippen LogP contribution < -0.4 is 9.47 Å². The zero-order chi connectivity index (χ0) is 40.0. The van der Waals surface area contributed by atoms with Crippen LogP contribution in [0.5, 0.6) is 11.5 Å². The molecule has 2 aliphatic carbocycles. The lowest BCUT2D eigenvalue weighted by molar-refractivity contribution is -0.223. The molecule has 2 aliphatic heterocycles. The fourth-order valence-corrected chi connectivity index (χ4v) is 11.2. The summed E-state index contributed by atoms with van der Waals surface area (Å²) in [5.74, 6) is 2.39. The summed E-state index contributed by atoms with van der Waals surface area (Å²) in [6, 6.07) is 16.7. The molecule has 2 N–H and O–H groups in total. The van der Waals surface area contributed by atoms with Crippen molar-refractivity contribution in [3.8, 4) is 11.5 Å². The van der Waals surface area contributed by atoms with Gasteiger partial charge in [0, 0.05) is 73.2 Å². The molecule has 1 unspecified atom stereocenters. The summed E-state index contributed by atoms with van der Waals surface area (Å²) in [5.41, 5.74) is 4.08. The van der Waals surface area contributed by atoms with Gasteiger partial charge in [-0.25, -0.2) is 0 Å². The largest absolute Gasteiger partial charge is 0.493 e. The van der Waals surface area contributed by atoms with Gasteiger partial charge in [0.05, 0.1) is 42.4 Å². The van der Waals surface area contributed by atoms with Crippen LogP contribution in [0, 0.1) is 17.8 Å². The Labute approximate surface area is 352 Å². The van der Waals surface area contributed by atoms with Gasteiger partial charge in [-0.2, -0.15) is 11.8 Å². The quantitative estimate of drug-likeness (QED) is 0.0437. The highest BCUT2D eigenvalue weighted by Crippen LogP contribution is 2.62. The zero-order valence-corrected chi connectivity index (χ0v) is 35.1. The molecule has 2 aromatic carbocycles. The van der Waals surface area contributed by atoms with Gasteiger partial charge in [-0.05, 0) is 92.0 Å². The first-order valence-electron chi connectivity index (χ1n) is 21.2. The normalized spacial score (nSPS) is 26.9. The number of benzene rings is 2. The molecule has 1 saturated carbocycles. The van der Waals surface area contributed by atoms with Crippen LogP contribution in [0.1, 0.15) is 81.4 Å². The number of thioether (sulfide) groups is 2. The van der Waals surface area contributed by atoms with E-state index in [1.807, 2.05) is 36.2 Å². The van der Waals surface area contributed by atoms with Gasteiger partial charge in [0.2, 0.25) is 12.1 Å². The number of aliphatic hydroxyl groups excluding tert-OH is 2. The highest BCUT2D eigenvalue weighted by Gasteiger charge is 2.64. The van der Waals surface area contributed by atoms with Crippen molar-refractivity contribution in [3.63, 3.8) is 0 Å². The average molecular weight is 830 g/mol. The second-order valence-electron chi connectivity index (χ2n) is 15.5. The van der Waals surface area contributed by atoms with Crippen LogP contribution in [-0.4, -0.2) is 87.8 Å². The average Bonchev–Trinajstić information content (AvgIpc) is 3.26. The maximum absolute atomic E-state index is 9.95. The van der Waals surface area contributed by atoms with Crippen molar-refractivity contribution in [1.82, 2.24) is 9.97 Å². The first kappa shape index (κ1) is 42.7. The van der Waals surface area contributed by atoms with E-state index in [0.717, 1.165) is 110 Å². The predicted molar refractivity (Wildman–Crippen MR) is 230 cm³/mol. The lowest BCUT2D eigenvalue weighted by Crippen LogP contribution is -2.64. The maximum atomic E-state index is 9.95. The van der Waals surface area contributed by atoms with Gasteiger partial charge < -0.3 is 34.0 Å². The van der Waals surface area contributed by atoms with Gasteiger partial charge in [-0.15, -0.1) is 18.3 Å². The van der Waals surface area contributed by atoms with Crippen molar-refractivity contribution in [2.45, 2.75) is 98.8 Å². The predicted octanol–water partition coefficient (Wildman–Crippen LogP) is 8.78. The molecular formula is C46H59N3O7S2. The van der Waals surface area contributed by atoms with E-state index in [9.17, 15) is 10.2 Å². The SMILES string of the molecule is C=CCO[C@@]12Oc3ccc(OCCSc4ccccc4)cc3[C@H]3[C@H](CCCCO)[C@@H](CCCCO)C=C(C(=NOC4CCCCO4)C[C@@H]1SCCc1cnccn1)[C@H]32. The summed E-state index contributed by atoms with van der Waals surface area (Å²) in [6.45, 7) is 5.95. The smallest absolute Gasteiger partial charge is 0.230 e. The molecule has 3 heterocycles. The number of unbranched alkanes of at least 4 members (excludes halogenated alkanes) is 2. The number of allylic oxidation sites excluding steroid dienone is 1. The van der Waals surface area contributed by atoms with Crippen LogP contribution in [0.3, 0.4) is 0 Å². The van der Waals surface area contributed by atoms with E-state index in [2.05, 4.69) is 59.0 Å². The summed E-state index contributed by atoms with van der Waals surface area (Å²) in [7, 11) is 0. The van der Waals surface area contributed by atoms with Crippen molar-refractivity contribution in [2.75, 3.05) is 44.5 Å². The van der Waals surface area contributed by atoms with E-state index >= 15 is 0 Å². The molecular weight excluding hydrogens is 771 g/mol. The Morgan fingerprint density at radius 1 is 1.00 bits per heavy atom. The molecule has 0 bridgehead atoms. The molecule has 2 fully saturated rings. The summed E-state index contributed by atoms with van der Waals surface area (Å²) < 4.78 is 26.9. The van der Waals surface area contributed by atoms with Crippen molar-refractivity contribution in [3.05, 3.63) is 103 Å². The Morgan fingerprint density at radius 3 is 2.64 bits per heavy atom. The molecule has 1 saturated heterocycles. The van der Waals surface area contributed by atoms with Crippen molar-refractivity contribution < 1.29 is 34.0 Å². The molecule has 0 spiro atoms. The molecule has 7 rings (SSSR count). The molecule has 12 heteroatoms. The van der Waals surface area contributed by atoms with Crippen LogP contribution in [-0.2, 0) is 20.7 Å². The Balaban J connectivity index is 1.30. The zero-order valence-electron chi connectivity index (χ0n) is 33.5. The molecule has 7 atom stereocenters. The minimum Gasteiger partial charge on any atom is -0.493 e. The van der Waals surface area contributed by atoms with E-state index in [1.54, 1.807) is 24.2 Å². The number of hydrogen-bond acceptors (Lipinski definition) is 12. The minimum atomic E-state index is -1.04. The highest BCUT2D eigenvalue weighted by molar-refractivity contribution is 8.00. The molecule has 4 aliphatic rings. The van der Waals surface area contributed by atoms with E-state index in [0.29, 0.717) is 26.2 Å².